The van der Waals surface area contributed by atoms with Gasteiger partial charge in [0.05, 0.1) is 6.10 Å². The lowest BCUT2D eigenvalue weighted by Crippen LogP contribution is -2.46. The Balaban J connectivity index is 2.38. The van der Waals surface area contributed by atoms with Crippen LogP contribution >= 0.6 is 0 Å². The van der Waals surface area contributed by atoms with Gasteiger partial charge in [0, 0.05) is 19.1 Å². The molecule has 3 nitrogen and oxygen atoms in total. The minimum Gasteiger partial charge on any atom is -0.393 e. The molecule has 0 aromatic heterocycles. The predicted octanol–water partition coefficient (Wildman–Crippen LogP) is 1.70. The van der Waals surface area contributed by atoms with Crippen LogP contribution in [0.4, 0.5) is 0 Å². The first kappa shape index (κ1) is 14.9. The Hall–Kier alpha value is -0.120. The van der Waals surface area contributed by atoms with E-state index >= 15 is 0 Å². The molecule has 1 aliphatic carbocycles. The van der Waals surface area contributed by atoms with Crippen molar-refractivity contribution in [2.24, 2.45) is 23.5 Å². The van der Waals surface area contributed by atoms with Crippen LogP contribution < -0.4 is 5.73 Å². The first-order valence-electron chi connectivity index (χ1n) is 7.02. The molecule has 0 spiro atoms. The summed E-state index contributed by atoms with van der Waals surface area (Å²) in [4.78, 5) is 2.32. The van der Waals surface area contributed by atoms with E-state index in [1.54, 1.807) is 0 Å². The third-order valence-electron chi connectivity index (χ3n) is 4.18. The van der Waals surface area contributed by atoms with Gasteiger partial charge in [0.15, 0.2) is 0 Å². The van der Waals surface area contributed by atoms with Crippen molar-refractivity contribution in [3.63, 3.8) is 0 Å². The second-order valence-corrected chi connectivity index (χ2v) is 6.28. The van der Waals surface area contributed by atoms with Gasteiger partial charge in [0.2, 0.25) is 0 Å². The van der Waals surface area contributed by atoms with Crippen molar-refractivity contribution in [3.05, 3.63) is 0 Å². The van der Waals surface area contributed by atoms with E-state index in [1.807, 2.05) is 6.92 Å². The highest BCUT2D eigenvalue weighted by Crippen LogP contribution is 2.33. The van der Waals surface area contributed by atoms with Gasteiger partial charge in [-0.05, 0) is 51.0 Å². The maximum absolute atomic E-state index is 9.29. The third kappa shape index (κ3) is 4.94. The summed E-state index contributed by atoms with van der Waals surface area (Å²) in [6.07, 6.45) is 3.13. The van der Waals surface area contributed by atoms with Gasteiger partial charge in [0.25, 0.3) is 0 Å². The second-order valence-electron chi connectivity index (χ2n) is 6.28. The van der Waals surface area contributed by atoms with E-state index in [-0.39, 0.29) is 6.10 Å². The van der Waals surface area contributed by atoms with Crippen molar-refractivity contribution >= 4 is 0 Å². The monoisotopic (exact) mass is 242 g/mol. The van der Waals surface area contributed by atoms with E-state index in [0.717, 1.165) is 31.3 Å². The van der Waals surface area contributed by atoms with Crippen LogP contribution in [0.25, 0.3) is 0 Å². The van der Waals surface area contributed by atoms with Gasteiger partial charge in [-0.2, -0.15) is 0 Å². The molecule has 3 N–H and O–H groups in total. The van der Waals surface area contributed by atoms with Gasteiger partial charge in [-0.25, -0.2) is 0 Å². The molecule has 0 heterocycles. The zero-order valence-electron chi connectivity index (χ0n) is 11.9. The van der Waals surface area contributed by atoms with E-state index in [0.29, 0.717) is 12.0 Å². The second kappa shape index (κ2) is 6.72. The Bertz CT molecular complexity index is 208. The van der Waals surface area contributed by atoms with Gasteiger partial charge < -0.3 is 15.7 Å². The quantitative estimate of drug-likeness (QED) is 0.771. The normalized spacial score (nSPS) is 36.2. The number of aliphatic hydroxyl groups excluding tert-OH is 1. The van der Waals surface area contributed by atoms with Gasteiger partial charge in [-0.1, -0.05) is 13.8 Å². The van der Waals surface area contributed by atoms with Crippen LogP contribution in [-0.4, -0.2) is 42.3 Å². The maximum Gasteiger partial charge on any atom is 0.0524 e. The van der Waals surface area contributed by atoms with Crippen LogP contribution in [0.5, 0.6) is 0 Å². The summed E-state index contributed by atoms with van der Waals surface area (Å²) in [6, 6.07) is 0.350. The molecule has 0 bridgehead atoms. The summed E-state index contributed by atoms with van der Waals surface area (Å²) < 4.78 is 0. The average Bonchev–Trinajstić information content (AvgIpc) is 2.20. The number of aliphatic hydroxyl groups is 1. The molecule has 0 amide bonds. The van der Waals surface area contributed by atoms with Crippen LogP contribution in [0.3, 0.4) is 0 Å². The third-order valence-corrected chi connectivity index (χ3v) is 4.18. The Morgan fingerprint density at radius 3 is 2.53 bits per heavy atom. The highest BCUT2D eigenvalue weighted by Gasteiger charge is 2.32. The topological polar surface area (TPSA) is 49.5 Å². The highest BCUT2D eigenvalue weighted by molar-refractivity contribution is 4.86. The Morgan fingerprint density at radius 2 is 2.00 bits per heavy atom. The van der Waals surface area contributed by atoms with E-state index < -0.39 is 0 Å². The molecule has 0 aromatic rings. The van der Waals surface area contributed by atoms with Crippen molar-refractivity contribution in [2.45, 2.75) is 52.2 Å². The standard InChI is InChI=1S/C14H30N2O/c1-10-7-11(2)13(14(15)8-10)9-16(4)6-5-12(3)17/h10-14,17H,5-9,15H2,1-4H3. The van der Waals surface area contributed by atoms with Gasteiger partial charge in [0.1, 0.15) is 0 Å². The molecule has 0 radical (unpaired) electrons. The summed E-state index contributed by atoms with van der Waals surface area (Å²) in [5.74, 6) is 2.12. The van der Waals surface area contributed by atoms with E-state index in [4.69, 9.17) is 5.73 Å². The lowest BCUT2D eigenvalue weighted by Gasteiger charge is -2.39. The summed E-state index contributed by atoms with van der Waals surface area (Å²) in [5, 5.41) is 9.29. The number of nitrogens with zero attached hydrogens (tertiary/aromatic N) is 1. The summed E-state index contributed by atoms with van der Waals surface area (Å²) >= 11 is 0. The molecule has 5 atom stereocenters. The molecule has 1 saturated carbocycles. The molecule has 0 aromatic carbocycles. The minimum absolute atomic E-state index is 0.199. The molecular formula is C14H30N2O. The number of nitrogens with two attached hydrogens (primary N) is 1. The van der Waals surface area contributed by atoms with Crippen molar-refractivity contribution in [3.8, 4) is 0 Å². The SMILES string of the molecule is CC(O)CCN(C)CC1C(C)CC(C)CC1N. The summed E-state index contributed by atoms with van der Waals surface area (Å²) in [5.41, 5.74) is 6.29. The first-order valence-corrected chi connectivity index (χ1v) is 7.02. The van der Waals surface area contributed by atoms with E-state index in [9.17, 15) is 5.11 Å². The van der Waals surface area contributed by atoms with E-state index in [2.05, 4.69) is 25.8 Å². The molecule has 3 heteroatoms. The largest absolute Gasteiger partial charge is 0.393 e. The maximum atomic E-state index is 9.29. The molecule has 0 aliphatic heterocycles. The number of rotatable bonds is 5. The molecule has 1 fully saturated rings. The molecule has 0 saturated heterocycles. The zero-order valence-corrected chi connectivity index (χ0v) is 11.9. The lowest BCUT2D eigenvalue weighted by molar-refractivity contribution is 0.115. The fourth-order valence-corrected chi connectivity index (χ4v) is 3.14. The predicted molar refractivity (Wildman–Crippen MR) is 72.8 cm³/mol. The number of hydrogen-bond donors (Lipinski definition) is 2. The van der Waals surface area contributed by atoms with Crippen LogP contribution in [-0.2, 0) is 0 Å². The lowest BCUT2D eigenvalue weighted by atomic mass is 9.72. The van der Waals surface area contributed by atoms with Crippen molar-refractivity contribution < 1.29 is 5.11 Å². The molecule has 1 rings (SSSR count). The molecule has 17 heavy (non-hydrogen) atoms. The summed E-state index contributed by atoms with van der Waals surface area (Å²) in [6.45, 7) is 8.53. The fourth-order valence-electron chi connectivity index (χ4n) is 3.14. The van der Waals surface area contributed by atoms with Crippen LogP contribution in [0.1, 0.15) is 40.0 Å². The first-order chi connectivity index (χ1) is 7.90. The van der Waals surface area contributed by atoms with Crippen molar-refractivity contribution in [2.75, 3.05) is 20.1 Å². The van der Waals surface area contributed by atoms with Crippen molar-refractivity contribution in [1.82, 2.24) is 4.90 Å². The Labute approximate surface area is 106 Å². The molecular weight excluding hydrogens is 212 g/mol. The fraction of sp³-hybridized carbons (Fsp3) is 1.00. The summed E-state index contributed by atoms with van der Waals surface area (Å²) in [7, 11) is 2.14. The number of hydrogen-bond acceptors (Lipinski definition) is 3. The Kier molecular flexibility index (Phi) is 5.90. The van der Waals surface area contributed by atoms with Gasteiger partial charge >= 0.3 is 0 Å². The Morgan fingerprint density at radius 1 is 1.35 bits per heavy atom. The average molecular weight is 242 g/mol. The minimum atomic E-state index is -0.199. The molecule has 1 aliphatic rings. The van der Waals surface area contributed by atoms with Crippen LogP contribution in [0.15, 0.2) is 0 Å². The van der Waals surface area contributed by atoms with Crippen molar-refractivity contribution in [1.29, 1.82) is 0 Å². The zero-order chi connectivity index (χ0) is 13.0. The van der Waals surface area contributed by atoms with E-state index in [1.165, 1.54) is 12.8 Å². The van der Waals surface area contributed by atoms with Crippen LogP contribution in [0.2, 0.25) is 0 Å². The molecule has 102 valence electrons. The van der Waals surface area contributed by atoms with Gasteiger partial charge in [-0.3, -0.25) is 0 Å². The van der Waals surface area contributed by atoms with Crippen LogP contribution in [0, 0.1) is 17.8 Å². The van der Waals surface area contributed by atoms with Gasteiger partial charge in [-0.15, -0.1) is 0 Å². The molecule has 5 unspecified atom stereocenters. The smallest absolute Gasteiger partial charge is 0.0524 e. The highest BCUT2D eigenvalue weighted by atomic mass is 16.3.